The molecule has 0 saturated heterocycles. The number of hydrogen-bond acceptors (Lipinski definition) is 6. The van der Waals surface area contributed by atoms with Crippen LogP contribution in [0.4, 0.5) is 0 Å². The summed E-state index contributed by atoms with van der Waals surface area (Å²) >= 11 is 6.26. The maximum absolute atomic E-state index is 12.7. The monoisotopic (exact) mass is 450 g/mol. The fourth-order valence-corrected chi connectivity index (χ4v) is 2.77. The number of esters is 2. The number of hydrogen-bond donors (Lipinski definition) is 0. The number of fused-ring (bicyclic) bond motifs is 1. The third kappa shape index (κ3) is 5.62. The standard InChI is InChI=1S/C24H31ClO6/c1-9-28-19-17(30-21(26)23(3,4)5)15-12-11-14(25)13-16(15)18(20(19)29-10-2)31-22(27)24(6,7)8/h11-13H,9-10H2,1-8H3. The first-order valence-electron chi connectivity index (χ1n) is 10.3. The molecule has 7 heteroatoms. The third-order valence-electron chi connectivity index (χ3n) is 4.28. The normalized spacial score (nSPS) is 11.9. The highest BCUT2D eigenvalue weighted by Gasteiger charge is 2.32. The van der Waals surface area contributed by atoms with Crippen molar-refractivity contribution in [3.63, 3.8) is 0 Å². The molecule has 0 aliphatic carbocycles. The molecular weight excluding hydrogens is 420 g/mol. The SMILES string of the molecule is CCOc1c(OCC)c(OC(=O)C(C)(C)C)c2cc(Cl)ccc2c1OC(=O)C(C)(C)C. The van der Waals surface area contributed by atoms with Crippen molar-refractivity contribution in [2.45, 2.75) is 55.4 Å². The summed E-state index contributed by atoms with van der Waals surface area (Å²) in [6.07, 6.45) is 0. The molecule has 0 aromatic heterocycles. The number of halogens is 1. The number of rotatable bonds is 6. The van der Waals surface area contributed by atoms with Gasteiger partial charge in [-0.3, -0.25) is 9.59 Å². The van der Waals surface area contributed by atoms with Gasteiger partial charge < -0.3 is 18.9 Å². The molecular formula is C24H31ClO6. The quantitative estimate of drug-likeness (QED) is 0.385. The minimum absolute atomic E-state index is 0.179. The van der Waals surface area contributed by atoms with Crippen LogP contribution in [-0.2, 0) is 9.59 Å². The predicted molar refractivity (Wildman–Crippen MR) is 121 cm³/mol. The highest BCUT2D eigenvalue weighted by molar-refractivity contribution is 6.31. The first kappa shape index (κ1) is 24.8. The van der Waals surface area contributed by atoms with Gasteiger partial charge in [-0.15, -0.1) is 0 Å². The molecule has 2 aromatic carbocycles. The van der Waals surface area contributed by atoms with Crippen molar-refractivity contribution in [1.29, 1.82) is 0 Å². The first-order valence-corrected chi connectivity index (χ1v) is 10.7. The molecule has 0 heterocycles. The van der Waals surface area contributed by atoms with Gasteiger partial charge in [0.05, 0.1) is 24.0 Å². The van der Waals surface area contributed by atoms with Crippen LogP contribution in [0.1, 0.15) is 55.4 Å². The van der Waals surface area contributed by atoms with Crippen molar-refractivity contribution < 1.29 is 28.5 Å². The molecule has 0 atom stereocenters. The van der Waals surface area contributed by atoms with Crippen LogP contribution in [0.25, 0.3) is 10.8 Å². The van der Waals surface area contributed by atoms with Crippen molar-refractivity contribution in [2.75, 3.05) is 13.2 Å². The molecule has 0 saturated carbocycles. The van der Waals surface area contributed by atoms with E-state index in [9.17, 15) is 9.59 Å². The minimum Gasteiger partial charge on any atom is -0.487 e. The predicted octanol–water partition coefficient (Wildman–Crippen LogP) is 6.19. The number of carbonyl (C=O) groups excluding carboxylic acids is 2. The summed E-state index contributed by atoms with van der Waals surface area (Å²) in [4.78, 5) is 25.5. The van der Waals surface area contributed by atoms with E-state index in [0.717, 1.165) is 0 Å². The highest BCUT2D eigenvalue weighted by atomic mass is 35.5. The van der Waals surface area contributed by atoms with E-state index in [1.54, 1.807) is 73.6 Å². The Morgan fingerprint density at radius 3 is 1.55 bits per heavy atom. The summed E-state index contributed by atoms with van der Waals surface area (Å²) in [5.41, 5.74) is -1.50. The average Bonchev–Trinajstić information content (AvgIpc) is 2.65. The van der Waals surface area contributed by atoms with Gasteiger partial charge in [-0.1, -0.05) is 11.6 Å². The molecule has 2 aromatic rings. The zero-order valence-corrected chi connectivity index (χ0v) is 20.2. The first-order chi connectivity index (χ1) is 14.3. The van der Waals surface area contributed by atoms with Crippen LogP contribution in [0, 0.1) is 10.8 Å². The van der Waals surface area contributed by atoms with Crippen molar-refractivity contribution in [2.24, 2.45) is 10.8 Å². The fourth-order valence-electron chi connectivity index (χ4n) is 2.60. The summed E-state index contributed by atoms with van der Waals surface area (Å²) in [6, 6.07) is 5.02. The van der Waals surface area contributed by atoms with E-state index in [-0.39, 0.29) is 36.2 Å². The van der Waals surface area contributed by atoms with Crippen molar-refractivity contribution in [3.05, 3.63) is 23.2 Å². The second-order valence-electron chi connectivity index (χ2n) is 9.15. The molecule has 0 fully saturated rings. The van der Waals surface area contributed by atoms with Crippen LogP contribution < -0.4 is 18.9 Å². The molecule has 0 spiro atoms. The Morgan fingerprint density at radius 1 is 0.742 bits per heavy atom. The van der Waals surface area contributed by atoms with Gasteiger partial charge >= 0.3 is 11.9 Å². The van der Waals surface area contributed by atoms with E-state index in [1.807, 2.05) is 0 Å². The second-order valence-corrected chi connectivity index (χ2v) is 9.59. The van der Waals surface area contributed by atoms with Crippen LogP contribution >= 0.6 is 11.6 Å². The smallest absolute Gasteiger partial charge is 0.316 e. The highest BCUT2D eigenvalue weighted by Crippen LogP contribution is 2.52. The zero-order valence-electron chi connectivity index (χ0n) is 19.5. The zero-order chi connectivity index (χ0) is 23.6. The Bertz CT molecular complexity index is 982. The summed E-state index contributed by atoms with van der Waals surface area (Å²) in [6.45, 7) is 14.7. The van der Waals surface area contributed by atoms with Crippen molar-refractivity contribution >= 4 is 34.3 Å². The number of benzene rings is 2. The lowest BCUT2D eigenvalue weighted by Gasteiger charge is -2.24. The molecule has 0 aliphatic heterocycles. The van der Waals surface area contributed by atoms with Crippen molar-refractivity contribution in [1.82, 2.24) is 0 Å². The van der Waals surface area contributed by atoms with E-state index in [2.05, 4.69) is 0 Å². The average molecular weight is 451 g/mol. The molecule has 31 heavy (non-hydrogen) atoms. The lowest BCUT2D eigenvalue weighted by molar-refractivity contribution is -0.144. The van der Waals surface area contributed by atoms with Gasteiger partial charge in [0.1, 0.15) is 0 Å². The maximum Gasteiger partial charge on any atom is 0.316 e. The second kappa shape index (κ2) is 9.35. The fraction of sp³-hybridized carbons (Fsp3) is 0.500. The number of carbonyl (C=O) groups is 2. The maximum atomic E-state index is 12.7. The topological polar surface area (TPSA) is 71.1 Å². The van der Waals surface area contributed by atoms with E-state index in [0.29, 0.717) is 15.8 Å². The molecule has 170 valence electrons. The minimum atomic E-state index is -0.752. The third-order valence-corrected chi connectivity index (χ3v) is 4.52. The summed E-state index contributed by atoms with van der Waals surface area (Å²) in [7, 11) is 0. The van der Waals surface area contributed by atoms with Gasteiger partial charge in [0.25, 0.3) is 0 Å². The summed E-state index contributed by atoms with van der Waals surface area (Å²) in [5.74, 6) is -0.115. The van der Waals surface area contributed by atoms with Crippen LogP contribution in [-0.4, -0.2) is 25.2 Å². The molecule has 2 rings (SSSR count). The van der Waals surface area contributed by atoms with E-state index in [4.69, 9.17) is 30.5 Å². The van der Waals surface area contributed by atoms with Crippen LogP contribution in [0.2, 0.25) is 5.02 Å². The molecule has 0 bridgehead atoms. The number of ether oxygens (including phenoxy) is 4. The van der Waals surface area contributed by atoms with Crippen LogP contribution in [0.3, 0.4) is 0 Å². The Balaban J connectivity index is 2.90. The van der Waals surface area contributed by atoms with E-state index in [1.165, 1.54) is 0 Å². The van der Waals surface area contributed by atoms with Crippen LogP contribution in [0.15, 0.2) is 18.2 Å². The molecule has 0 amide bonds. The van der Waals surface area contributed by atoms with Gasteiger partial charge in [-0.05, 0) is 73.6 Å². The van der Waals surface area contributed by atoms with E-state index >= 15 is 0 Å². The lowest BCUT2D eigenvalue weighted by atomic mass is 9.97. The Labute approximate surface area is 188 Å². The lowest BCUT2D eigenvalue weighted by Crippen LogP contribution is -2.27. The van der Waals surface area contributed by atoms with E-state index < -0.39 is 22.8 Å². The van der Waals surface area contributed by atoms with Crippen molar-refractivity contribution in [3.8, 4) is 23.0 Å². The molecule has 0 radical (unpaired) electrons. The Morgan fingerprint density at radius 2 is 1.16 bits per heavy atom. The van der Waals surface area contributed by atoms with Crippen LogP contribution in [0.5, 0.6) is 23.0 Å². The summed E-state index contributed by atoms with van der Waals surface area (Å²) in [5, 5.41) is 1.43. The summed E-state index contributed by atoms with van der Waals surface area (Å²) < 4.78 is 23.3. The van der Waals surface area contributed by atoms with Gasteiger partial charge in [-0.25, -0.2) is 0 Å². The Kier molecular flexibility index (Phi) is 7.48. The van der Waals surface area contributed by atoms with Gasteiger partial charge in [-0.2, -0.15) is 0 Å². The largest absolute Gasteiger partial charge is 0.487 e. The van der Waals surface area contributed by atoms with Gasteiger partial charge in [0, 0.05) is 15.8 Å². The van der Waals surface area contributed by atoms with Gasteiger partial charge in [0.2, 0.25) is 11.5 Å². The Hall–Kier alpha value is -2.47. The molecule has 0 N–H and O–H groups in total. The molecule has 0 aliphatic rings. The van der Waals surface area contributed by atoms with Gasteiger partial charge in [0.15, 0.2) is 11.5 Å². The molecule has 0 unspecified atom stereocenters. The molecule has 6 nitrogen and oxygen atoms in total.